The smallest absolute Gasteiger partial charge is 0.187 e. The monoisotopic (exact) mass is 364 g/mol. The average molecular weight is 365 g/mol. The lowest BCUT2D eigenvalue weighted by molar-refractivity contribution is 0.104. The van der Waals surface area contributed by atoms with Gasteiger partial charge in [-0.05, 0) is 50.3 Å². The number of ketones is 1. The van der Waals surface area contributed by atoms with E-state index < -0.39 is 0 Å². The van der Waals surface area contributed by atoms with Crippen molar-refractivity contribution in [1.82, 2.24) is 0 Å². The van der Waals surface area contributed by atoms with Crippen molar-refractivity contribution in [2.75, 3.05) is 7.11 Å². The number of carbonyl (C=O) groups is 1. The number of halogens is 2. The summed E-state index contributed by atoms with van der Waals surface area (Å²) in [5.41, 5.74) is 1.10. The van der Waals surface area contributed by atoms with Gasteiger partial charge in [-0.3, -0.25) is 4.79 Å². The van der Waals surface area contributed by atoms with Crippen LogP contribution in [0.15, 0.2) is 42.5 Å². The van der Waals surface area contributed by atoms with Gasteiger partial charge >= 0.3 is 0 Å². The molecule has 2 aromatic carbocycles. The van der Waals surface area contributed by atoms with Crippen LogP contribution in [0.5, 0.6) is 11.5 Å². The minimum Gasteiger partial charge on any atom is -0.493 e. The standard InChI is InChI=1S/C19H18Cl2O3/c1-12(2)24-19-13(5-4-6-18(19)23-3)7-10-17(22)15-11-14(20)8-9-16(15)21/h4-12H,1-3H3/b10-7+. The van der Waals surface area contributed by atoms with Crippen molar-refractivity contribution < 1.29 is 14.3 Å². The molecule has 5 heteroatoms. The Hall–Kier alpha value is -1.97. The maximum absolute atomic E-state index is 12.4. The van der Waals surface area contributed by atoms with E-state index in [4.69, 9.17) is 32.7 Å². The Morgan fingerprint density at radius 1 is 1.17 bits per heavy atom. The summed E-state index contributed by atoms with van der Waals surface area (Å²) in [7, 11) is 1.58. The number of methoxy groups -OCH3 is 1. The largest absolute Gasteiger partial charge is 0.493 e. The molecule has 0 fully saturated rings. The van der Waals surface area contributed by atoms with Gasteiger partial charge in [0.2, 0.25) is 0 Å². The third-order valence-electron chi connectivity index (χ3n) is 3.19. The summed E-state index contributed by atoms with van der Waals surface area (Å²) in [5.74, 6) is 0.969. The third kappa shape index (κ3) is 4.53. The predicted molar refractivity (Wildman–Crippen MR) is 98.6 cm³/mol. The lowest BCUT2D eigenvalue weighted by atomic mass is 10.1. The van der Waals surface area contributed by atoms with Crippen LogP contribution >= 0.6 is 23.2 Å². The van der Waals surface area contributed by atoms with E-state index in [-0.39, 0.29) is 11.9 Å². The fraction of sp³-hybridized carbons (Fsp3) is 0.211. The SMILES string of the molecule is COc1cccc(/C=C/C(=O)c2cc(Cl)ccc2Cl)c1OC(C)C. The normalized spacial score (nSPS) is 11.1. The highest BCUT2D eigenvalue weighted by molar-refractivity contribution is 6.36. The molecule has 0 saturated heterocycles. The molecule has 0 radical (unpaired) electrons. The molecule has 2 aromatic rings. The molecule has 3 nitrogen and oxygen atoms in total. The zero-order chi connectivity index (χ0) is 17.7. The number of para-hydroxylation sites is 1. The molecule has 0 bridgehead atoms. The highest BCUT2D eigenvalue weighted by Gasteiger charge is 2.12. The first-order valence-corrected chi connectivity index (χ1v) is 8.19. The minimum atomic E-state index is -0.235. The van der Waals surface area contributed by atoms with Crippen molar-refractivity contribution in [2.24, 2.45) is 0 Å². The van der Waals surface area contributed by atoms with Crippen LogP contribution in [0.25, 0.3) is 6.08 Å². The van der Waals surface area contributed by atoms with E-state index in [1.807, 2.05) is 32.0 Å². The van der Waals surface area contributed by atoms with Gasteiger partial charge in [0.05, 0.1) is 18.2 Å². The summed E-state index contributed by atoms with van der Waals surface area (Å²) in [6, 6.07) is 10.3. The molecule has 0 unspecified atom stereocenters. The van der Waals surface area contributed by atoms with Crippen LogP contribution in [0.3, 0.4) is 0 Å². The first-order valence-electron chi connectivity index (χ1n) is 7.43. The Kier molecular flexibility index (Phi) is 6.29. The van der Waals surface area contributed by atoms with Gasteiger partial charge in [0.15, 0.2) is 17.3 Å². The fourth-order valence-corrected chi connectivity index (χ4v) is 2.51. The Bertz CT molecular complexity index is 767. The van der Waals surface area contributed by atoms with E-state index in [0.717, 1.165) is 5.56 Å². The quantitative estimate of drug-likeness (QED) is 0.488. The lowest BCUT2D eigenvalue weighted by Crippen LogP contribution is -2.08. The van der Waals surface area contributed by atoms with Gasteiger partial charge in [-0.2, -0.15) is 0 Å². The first kappa shape index (κ1) is 18.4. The molecule has 126 valence electrons. The molecule has 24 heavy (non-hydrogen) atoms. The molecule has 0 aromatic heterocycles. The van der Waals surface area contributed by atoms with Crippen molar-refractivity contribution in [3.8, 4) is 11.5 Å². The number of benzene rings is 2. The summed E-state index contributed by atoms with van der Waals surface area (Å²) in [6.45, 7) is 3.85. The van der Waals surface area contributed by atoms with Crippen molar-refractivity contribution in [2.45, 2.75) is 20.0 Å². The predicted octanol–water partition coefficient (Wildman–Crippen LogP) is 5.69. The third-order valence-corrected chi connectivity index (χ3v) is 3.76. The van der Waals surface area contributed by atoms with Crippen molar-refractivity contribution in [1.29, 1.82) is 0 Å². The van der Waals surface area contributed by atoms with Gasteiger partial charge in [0, 0.05) is 16.1 Å². The number of hydrogen-bond acceptors (Lipinski definition) is 3. The molecule has 0 atom stereocenters. The van der Waals surface area contributed by atoms with Crippen LogP contribution in [0.2, 0.25) is 10.0 Å². The highest BCUT2D eigenvalue weighted by Crippen LogP contribution is 2.33. The van der Waals surface area contributed by atoms with Gasteiger partial charge in [-0.15, -0.1) is 0 Å². The number of rotatable bonds is 6. The van der Waals surface area contributed by atoms with Crippen LogP contribution in [0.4, 0.5) is 0 Å². The maximum atomic E-state index is 12.4. The Balaban J connectivity index is 2.34. The van der Waals surface area contributed by atoms with E-state index in [2.05, 4.69) is 0 Å². The van der Waals surface area contributed by atoms with Crippen LogP contribution in [0.1, 0.15) is 29.8 Å². The zero-order valence-electron chi connectivity index (χ0n) is 13.7. The number of ether oxygens (including phenoxy) is 2. The molecule has 2 rings (SSSR count). The second-order valence-corrected chi connectivity index (χ2v) is 6.21. The first-order chi connectivity index (χ1) is 11.4. The summed E-state index contributed by atoms with van der Waals surface area (Å²) < 4.78 is 11.1. The van der Waals surface area contributed by atoms with Crippen LogP contribution in [-0.2, 0) is 0 Å². The Morgan fingerprint density at radius 2 is 1.92 bits per heavy atom. The van der Waals surface area contributed by atoms with E-state index in [9.17, 15) is 4.79 Å². The Morgan fingerprint density at radius 3 is 2.58 bits per heavy atom. The van der Waals surface area contributed by atoms with Gasteiger partial charge in [0.25, 0.3) is 0 Å². The second kappa shape index (κ2) is 8.22. The molecule has 0 spiro atoms. The lowest BCUT2D eigenvalue weighted by Gasteiger charge is -2.15. The molecule has 0 N–H and O–H groups in total. The molecule has 0 aliphatic carbocycles. The maximum Gasteiger partial charge on any atom is 0.187 e. The molecule has 0 aliphatic heterocycles. The highest BCUT2D eigenvalue weighted by atomic mass is 35.5. The molecule has 0 aliphatic rings. The van der Waals surface area contributed by atoms with E-state index in [0.29, 0.717) is 27.1 Å². The molecule has 0 amide bonds. The second-order valence-electron chi connectivity index (χ2n) is 5.37. The van der Waals surface area contributed by atoms with Crippen LogP contribution < -0.4 is 9.47 Å². The number of allylic oxidation sites excluding steroid dienone is 1. The van der Waals surface area contributed by atoms with Crippen molar-refractivity contribution in [3.63, 3.8) is 0 Å². The number of hydrogen-bond donors (Lipinski definition) is 0. The van der Waals surface area contributed by atoms with Gasteiger partial charge < -0.3 is 9.47 Å². The van der Waals surface area contributed by atoms with Gasteiger partial charge in [0.1, 0.15) is 0 Å². The Labute approximate surface area is 151 Å². The minimum absolute atomic E-state index is 0.0217. The van der Waals surface area contributed by atoms with Crippen LogP contribution in [0, 0.1) is 0 Å². The number of carbonyl (C=O) groups excluding carboxylic acids is 1. The van der Waals surface area contributed by atoms with E-state index in [1.165, 1.54) is 6.08 Å². The summed E-state index contributed by atoms with van der Waals surface area (Å²) in [5, 5.41) is 0.819. The van der Waals surface area contributed by atoms with E-state index in [1.54, 1.807) is 31.4 Å². The topological polar surface area (TPSA) is 35.5 Å². The van der Waals surface area contributed by atoms with E-state index >= 15 is 0 Å². The van der Waals surface area contributed by atoms with Gasteiger partial charge in [-0.25, -0.2) is 0 Å². The summed E-state index contributed by atoms with van der Waals surface area (Å²) >= 11 is 12.0. The molecule has 0 saturated carbocycles. The molecule has 0 heterocycles. The molecular weight excluding hydrogens is 347 g/mol. The van der Waals surface area contributed by atoms with Crippen molar-refractivity contribution in [3.05, 3.63) is 63.6 Å². The van der Waals surface area contributed by atoms with Crippen molar-refractivity contribution >= 4 is 35.1 Å². The van der Waals surface area contributed by atoms with Crippen LogP contribution in [-0.4, -0.2) is 19.0 Å². The summed E-state index contributed by atoms with van der Waals surface area (Å²) in [6.07, 6.45) is 3.10. The summed E-state index contributed by atoms with van der Waals surface area (Å²) in [4.78, 5) is 12.4. The fourth-order valence-electron chi connectivity index (χ4n) is 2.13. The average Bonchev–Trinajstić information content (AvgIpc) is 2.55. The van der Waals surface area contributed by atoms with Gasteiger partial charge in [-0.1, -0.05) is 35.3 Å². The zero-order valence-corrected chi connectivity index (χ0v) is 15.2. The molecular formula is C19H18Cl2O3.